The van der Waals surface area contributed by atoms with Gasteiger partial charge in [0.15, 0.2) is 0 Å². The van der Waals surface area contributed by atoms with E-state index in [1.54, 1.807) is 27.8 Å². The van der Waals surface area contributed by atoms with Gasteiger partial charge in [-0.05, 0) is 16.5 Å². The number of aromatic nitrogens is 4. The molecule has 2 heterocycles. The second-order valence-electron chi connectivity index (χ2n) is 3.87. The molecule has 0 saturated heterocycles. The van der Waals surface area contributed by atoms with Crippen LogP contribution in [0.4, 0.5) is 0 Å². The summed E-state index contributed by atoms with van der Waals surface area (Å²) in [5.41, 5.74) is 0.959. The number of nitrogens with one attached hydrogen (secondary N) is 1. The predicted molar refractivity (Wildman–Crippen MR) is 79.5 cm³/mol. The maximum absolute atomic E-state index is 8.63. The van der Waals surface area contributed by atoms with Crippen LogP contribution in [0, 0.1) is 11.8 Å². The summed E-state index contributed by atoms with van der Waals surface area (Å²) in [7, 11) is 1.83. The van der Waals surface area contributed by atoms with Crippen LogP contribution >= 0.6 is 23.1 Å². The molecule has 8 heteroatoms. The first-order chi connectivity index (χ1) is 9.79. The molecule has 0 saturated carbocycles. The largest absolute Gasteiger partial charge is 0.384 e. The summed E-state index contributed by atoms with van der Waals surface area (Å²) in [5, 5.41) is 26.1. The van der Waals surface area contributed by atoms with Gasteiger partial charge in [0.25, 0.3) is 0 Å². The van der Waals surface area contributed by atoms with Crippen LogP contribution < -0.4 is 5.32 Å². The average molecular weight is 309 g/mol. The van der Waals surface area contributed by atoms with Crippen LogP contribution in [0.3, 0.4) is 0 Å². The van der Waals surface area contributed by atoms with Gasteiger partial charge in [0, 0.05) is 41.7 Å². The minimum atomic E-state index is -0.0996. The van der Waals surface area contributed by atoms with E-state index in [2.05, 4.69) is 32.7 Å². The van der Waals surface area contributed by atoms with E-state index in [1.165, 1.54) is 4.88 Å². The maximum Gasteiger partial charge on any atom is 0.209 e. The van der Waals surface area contributed by atoms with E-state index in [9.17, 15) is 0 Å². The van der Waals surface area contributed by atoms with Gasteiger partial charge in [-0.3, -0.25) is 0 Å². The highest BCUT2D eigenvalue weighted by Gasteiger charge is 2.02. The molecular formula is C12H15N5OS2. The fourth-order valence-corrected chi connectivity index (χ4v) is 2.98. The monoisotopic (exact) mass is 309 g/mol. The average Bonchev–Trinajstić information content (AvgIpc) is 3.06. The first-order valence-electron chi connectivity index (χ1n) is 6.02. The molecule has 0 radical (unpaired) electrons. The number of rotatable bonds is 6. The summed E-state index contributed by atoms with van der Waals surface area (Å²) >= 11 is 3.29. The van der Waals surface area contributed by atoms with Gasteiger partial charge >= 0.3 is 0 Å². The molecule has 0 spiro atoms. The Hall–Kier alpha value is -1.40. The van der Waals surface area contributed by atoms with E-state index < -0.39 is 0 Å². The van der Waals surface area contributed by atoms with Crippen molar-refractivity contribution in [3.05, 3.63) is 21.9 Å². The number of aryl methyl sites for hydroxylation is 1. The Morgan fingerprint density at radius 2 is 2.45 bits per heavy atom. The van der Waals surface area contributed by atoms with Gasteiger partial charge in [0.2, 0.25) is 5.16 Å². The number of tetrazole rings is 1. The number of hydrogen-bond acceptors (Lipinski definition) is 7. The molecule has 0 unspecified atom stereocenters. The van der Waals surface area contributed by atoms with Crippen molar-refractivity contribution in [2.45, 2.75) is 11.7 Å². The number of hydrogen-bond donors (Lipinski definition) is 2. The Morgan fingerprint density at radius 3 is 3.20 bits per heavy atom. The van der Waals surface area contributed by atoms with Crippen molar-refractivity contribution < 1.29 is 5.11 Å². The number of aliphatic hydroxyl groups is 1. The lowest BCUT2D eigenvalue weighted by atomic mass is 10.3. The topological polar surface area (TPSA) is 75.9 Å². The molecule has 20 heavy (non-hydrogen) atoms. The highest BCUT2D eigenvalue weighted by Crippen LogP contribution is 2.14. The lowest BCUT2D eigenvalue weighted by molar-refractivity contribution is 0.350. The van der Waals surface area contributed by atoms with Crippen molar-refractivity contribution in [3.63, 3.8) is 0 Å². The molecular weight excluding hydrogens is 294 g/mol. The van der Waals surface area contributed by atoms with Crippen LogP contribution in [-0.2, 0) is 13.6 Å². The van der Waals surface area contributed by atoms with Gasteiger partial charge in [0.1, 0.15) is 6.61 Å². The highest BCUT2D eigenvalue weighted by atomic mass is 32.2. The van der Waals surface area contributed by atoms with E-state index in [1.807, 2.05) is 18.5 Å². The zero-order valence-electron chi connectivity index (χ0n) is 11.0. The van der Waals surface area contributed by atoms with Crippen molar-refractivity contribution in [2.75, 3.05) is 18.9 Å². The lowest BCUT2D eigenvalue weighted by Crippen LogP contribution is -2.16. The standard InChI is InChI=1S/C12H15N5OS2/c1-17-12(14-15-16-17)19-6-4-13-8-11-7-10(9-20-11)3-2-5-18/h7,9,13,18H,4-6,8H2,1H3. The molecule has 0 atom stereocenters. The van der Waals surface area contributed by atoms with E-state index >= 15 is 0 Å². The normalized spacial score (nSPS) is 10.3. The molecule has 6 nitrogen and oxygen atoms in total. The molecule has 0 fully saturated rings. The molecule has 0 aliphatic rings. The second-order valence-corrected chi connectivity index (χ2v) is 5.93. The second kappa shape index (κ2) is 8.01. The molecule has 0 aliphatic heterocycles. The third-order valence-corrected chi connectivity index (χ3v) is 4.31. The lowest BCUT2D eigenvalue weighted by Gasteiger charge is -2.01. The molecule has 0 aliphatic carbocycles. The fourth-order valence-electron chi connectivity index (χ4n) is 1.45. The molecule has 2 N–H and O–H groups in total. The Labute approximate surface area is 125 Å². The van der Waals surface area contributed by atoms with E-state index in [0.717, 1.165) is 29.6 Å². The van der Waals surface area contributed by atoms with Gasteiger partial charge in [-0.25, -0.2) is 4.68 Å². The number of thioether (sulfide) groups is 1. The minimum absolute atomic E-state index is 0.0996. The molecule has 106 valence electrons. The molecule has 0 aromatic carbocycles. The van der Waals surface area contributed by atoms with Crippen molar-refractivity contribution in [2.24, 2.45) is 7.05 Å². The fraction of sp³-hybridized carbons (Fsp3) is 0.417. The summed E-state index contributed by atoms with van der Waals surface area (Å²) in [6.07, 6.45) is 0. The van der Waals surface area contributed by atoms with Crippen molar-refractivity contribution in [3.8, 4) is 11.8 Å². The van der Waals surface area contributed by atoms with Crippen LogP contribution in [0.5, 0.6) is 0 Å². The van der Waals surface area contributed by atoms with Crippen LogP contribution in [0.1, 0.15) is 10.4 Å². The first-order valence-corrected chi connectivity index (χ1v) is 7.89. The Bertz CT molecular complexity index is 598. The molecule has 2 rings (SSSR count). The Balaban J connectivity index is 1.66. The van der Waals surface area contributed by atoms with Crippen molar-refractivity contribution in [1.82, 2.24) is 25.5 Å². The van der Waals surface area contributed by atoms with Crippen molar-refractivity contribution >= 4 is 23.1 Å². The van der Waals surface area contributed by atoms with Crippen LogP contribution in [0.25, 0.3) is 0 Å². The van der Waals surface area contributed by atoms with Crippen LogP contribution in [0.2, 0.25) is 0 Å². The van der Waals surface area contributed by atoms with Gasteiger partial charge < -0.3 is 10.4 Å². The molecule has 2 aromatic heterocycles. The minimum Gasteiger partial charge on any atom is -0.384 e. The zero-order chi connectivity index (χ0) is 14.2. The van der Waals surface area contributed by atoms with Crippen molar-refractivity contribution in [1.29, 1.82) is 0 Å². The summed E-state index contributed by atoms with van der Waals surface area (Å²) in [5.74, 6) is 6.45. The Morgan fingerprint density at radius 1 is 1.55 bits per heavy atom. The highest BCUT2D eigenvalue weighted by molar-refractivity contribution is 7.99. The summed E-state index contributed by atoms with van der Waals surface area (Å²) in [6, 6.07) is 2.04. The van der Waals surface area contributed by atoms with E-state index in [4.69, 9.17) is 5.11 Å². The number of aliphatic hydroxyl groups excluding tert-OH is 1. The van der Waals surface area contributed by atoms with Crippen LogP contribution in [-0.4, -0.2) is 44.2 Å². The maximum atomic E-state index is 8.63. The van der Waals surface area contributed by atoms with Gasteiger partial charge in [-0.15, -0.1) is 16.4 Å². The van der Waals surface area contributed by atoms with Crippen LogP contribution in [0.15, 0.2) is 16.6 Å². The summed E-state index contributed by atoms with van der Waals surface area (Å²) in [4.78, 5) is 1.23. The smallest absolute Gasteiger partial charge is 0.209 e. The number of thiophene rings is 1. The molecule has 0 bridgehead atoms. The predicted octanol–water partition coefficient (Wildman–Crippen LogP) is 0.497. The van der Waals surface area contributed by atoms with Gasteiger partial charge in [-0.1, -0.05) is 23.6 Å². The third-order valence-electron chi connectivity index (χ3n) is 2.36. The molecule has 0 amide bonds. The zero-order valence-corrected chi connectivity index (χ0v) is 12.7. The summed E-state index contributed by atoms with van der Waals surface area (Å²) < 4.78 is 1.66. The molecule has 2 aromatic rings. The first kappa shape index (κ1) is 15.0. The third kappa shape index (κ3) is 4.61. The Kier molecular flexibility index (Phi) is 6.01. The van der Waals surface area contributed by atoms with Gasteiger partial charge in [0.05, 0.1) is 0 Å². The van der Waals surface area contributed by atoms with E-state index in [0.29, 0.717) is 0 Å². The van der Waals surface area contributed by atoms with Gasteiger partial charge in [-0.2, -0.15) is 0 Å². The SMILES string of the molecule is Cn1nnnc1SCCNCc1cc(C#CCO)cs1. The number of nitrogens with zero attached hydrogens (tertiary/aromatic N) is 4. The summed E-state index contributed by atoms with van der Waals surface area (Å²) in [6.45, 7) is 1.60. The quantitative estimate of drug-likeness (QED) is 0.460. The van der Waals surface area contributed by atoms with E-state index in [-0.39, 0.29) is 6.61 Å².